The van der Waals surface area contributed by atoms with Gasteiger partial charge < -0.3 is 15.1 Å². The van der Waals surface area contributed by atoms with Gasteiger partial charge in [-0.2, -0.15) is 0 Å². The molecule has 1 N–H and O–H groups in total. The third kappa shape index (κ3) is 5.34. The summed E-state index contributed by atoms with van der Waals surface area (Å²) in [6.07, 6.45) is 5.63. The molecule has 1 aromatic heterocycles. The van der Waals surface area contributed by atoms with E-state index >= 15 is 0 Å². The van der Waals surface area contributed by atoms with Crippen LogP contribution < -0.4 is 10.2 Å². The standard InChI is InChI=1S/C21H27N5S/c1-5-6-17(3)27-20-16(2)15-22-21(24-20)23-18-7-9-19(10-8-18)26-13-11-25(4)12-14-26/h5-10,15H,1,11-14H2,2-4H3,(H,22,23,24)/b17-6+. The summed E-state index contributed by atoms with van der Waals surface area (Å²) in [4.78, 5) is 15.0. The lowest BCUT2D eigenvalue weighted by atomic mass is 10.2. The number of aryl methyl sites for hydroxylation is 1. The van der Waals surface area contributed by atoms with Gasteiger partial charge in [0.05, 0.1) is 0 Å². The number of allylic oxidation sites excluding steroid dienone is 3. The number of nitrogens with zero attached hydrogens (tertiary/aromatic N) is 4. The number of rotatable bonds is 6. The molecular formula is C21H27N5S. The summed E-state index contributed by atoms with van der Waals surface area (Å²) in [6, 6.07) is 8.50. The van der Waals surface area contributed by atoms with E-state index in [9.17, 15) is 0 Å². The van der Waals surface area contributed by atoms with Gasteiger partial charge in [-0.05, 0) is 50.1 Å². The summed E-state index contributed by atoms with van der Waals surface area (Å²) in [6.45, 7) is 12.2. The van der Waals surface area contributed by atoms with Crippen molar-refractivity contribution in [2.45, 2.75) is 18.9 Å². The molecule has 0 radical (unpaired) electrons. The predicted octanol–water partition coefficient (Wildman–Crippen LogP) is 4.46. The first-order valence-electron chi connectivity index (χ1n) is 9.16. The summed E-state index contributed by atoms with van der Waals surface area (Å²) in [7, 11) is 2.17. The number of thioether (sulfide) groups is 1. The highest BCUT2D eigenvalue weighted by atomic mass is 32.2. The minimum atomic E-state index is 0.613. The van der Waals surface area contributed by atoms with Crippen molar-refractivity contribution in [2.24, 2.45) is 0 Å². The van der Waals surface area contributed by atoms with E-state index in [0.717, 1.165) is 47.4 Å². The van der Waals surface area contributed by atoms with Crippen LogP contribution in [0.15, 0.2) is 59.1 Å². The molecule has 2 heterocycles. The van der Waals surface area contributed by atoms with E-state index in [0.29, 0.717) is 5.95 Å². The lowest BCUT2D eigenvalue weighted by Gasteiger charge is -2.34. The van der Waals surface area contributed by atoms with Gasteiger partial charge in [-0.15, -0.1) is 0 Å². The molecule has 1 aromatic carbocycles. The molecule has 1 aliphatic rings. The van der Waals surface area contributed by atoms with Gasteiger partial charge in [0.1, 0.15) is 5.03 Å². The fourth-order valence-corrected chi connectivity index (χ4v) is 3.71. The largest absolute Gasteiger partial charge is 0.369 e. The number of hydrogen-bond acceptors (Lipinski definition) is 6. The molecule has 142 valence electrons. The maximum Gasteiger partial charge on any atom is 0.228 e. The number of nitrogens with one attached hydrogen (secondary N) is 1. The lowest BCUT2D eigenvalue weighted by Crippen LogP contribution is -2.44. The first-order valence-corrected chi connectivity index (χ1v) is 9.98. The average molecular weight is 382 g/mol. The molecule has 0 spiro atoms. The Kier molecular flexibility index (Phi) is 6.53. The molecule has 0 atom stereocenters. The SMILES string of the molecule is C=C/C=C(\C)Sc1nc(Nc2ccc(N3CCN(C)CC3)cc2)ncc1C. The molecule has 0 aliphatic carbocycles. The van der Waals surface area contributed by atoms with Crippen LogP contribution in [0.3, 0.4) is 0 Å². The second kappa shape index (κ2) is 9.06. The van der Waals surface area contributed by atoms with Gasteiger partial charge in [-0.3, -0.25) is 0 Å². The summed E-state index contributed by atoms with van der Waals surface area (Å²) in [5.74, 6) is 0.613. The van der Waals surface area contributed by atoms with Crippen LogP contribution in [0, 0.1) is 6.92 Å². The molecule has 0 bridgehead atoms. The zero-order valence-corrected chi connectivity index (χ0v) is 17.1. The zero-order chi connectivity index (χ0) is 19.2. The molecule has 1 fully saturated rings. The number of anilines is 3. The van der Waals surface area contributed by atoms with Crippen molar-refractivity contribution in [3.63, 3.8) is 0 Å². The topological polar surface area (TPSA) is 44.3 Å². The van der Waals surface area contributed by atoms with Crippen LogP contribution in [0.1, 0.15) is 12.5 Å². The maximum atomic E-state index is 4.66. The van der Waals surface area contributed by atoms with Gasteiger partial charge in [0, 0.05) is 49.3 Å². The van der Waals surface area contributed by atoms with Crippen LogP contribution >= 0.6 is 11.8 Å². The highest BCUT2D eigenvalue weighted by Gasteiger charge is 2.14. The van der Waals surface area contributed by atoms with Gasteiger partial charge in [-0.25, -0.2) is 9.97 Å². The van der Waals surface area contributed by atoms with Crippen molar-refractivity contribution in [3.05, 3.63) is 59.7 Å². The number of piperazine rings is 1. The smallest absolute Gasteiger partial charge is 0.228 e. The van der Waals surface area contributed by atoms with E-state index in [2.05, 4.69) is 69.9 Å². The van der Waals surface area contributed by atoms with Crippen molar-refractivity contribution >= 4 is 29.1 Å². The highest BCUT2D eigenvalue weighted by molar-refractivity contribution is 8.03. The van der Waals surface area contributed by atoms with Crippen LogP contribution in [0.2, 0.25) is 0 Å². The van der Waals surface area contributed by atoms with Gasteiger partial charge >= 0.3 is 0 Å². The Bertz CT molecular complexity index is 808. The molecule has 5 nitrogen and oxygen atoms in total. The van der Waals surface area contributed by atoms with Crippen LogP contribution in [0.25, 0.3) is 0 Å². The molecular weight excluding hydrogens is 354 g/mol. The van der Waals surface area contributed by atoms with E-state index in [1.54, 1.807) is 17.8 Å². The molecule has 0 amide bonds. The van der Waals surface area contributed by atoms with Gasteiger partial charge in [-0.1, -0.05) is 30.5 Å². The van der Waals surface area contributed by atoms with Crippen molar-refractivity contribution in [2.75, 3.05) is 43.4 Å². The number of aromatic nitrogens is 2. The molecule has 1 saturated heterocycles. The molecule has 0 unspecified atom stereocenters. The minimum absolute atomic E-state index is 0.613. The van der Waals surface area contributed by atoms with Crippen LogP contribution in [-0.4, -0.2) is 48.1 Å². The first-order chi connectivity index (χ1) is 13.0. The first kappa shape index (κ1) is 19.5. The van der Waals surface area contributed by atoms with Crippen LogP contribution in [0.5, 0.6) is 0 Å². The molecule has 0 saturated carbocycles. The van der Waals surface area contributed by atoms with Gasteiger partial charge in [0.2, 0.25) is 5.95 Å². The number of likely N-dealkylation sites (N-methyl/N-ethyl adjacent to an activating group) is 1. The van der Waals surface area contributed by atoms with E-state index in [1.165, 1.54) is 5.69 Å². The van der Waals surface area contributed by atoms with E-state index in [-0.39, 0.29) is 0 Å². The third-order valence-electron chi connectivity index (χ3n) is 4.53. The van der Waals surface area contributed by atoms with Gasteiger partial charge in [0.15, 0.2) is 0 Å². The average Bonchev–Trinajstić information content (AvgIpc) is 2.66. The monoisotopic (exact) mass is 381 g/mol. The third-order valence-corrected chi connectivity index (χ3v) is 5.59. The number of hydrogen-bond donors (Lipinski definition) is 1. The highest BCUT2D eigenvalue weighted by Crippen LogP contribution is 2.28. The summed E-state index contributed by atoms with van der Waals surface area (Å²) < 4.78 is 0. The molecule has 1 aliphatic heterocycles. The van der Waals surface area contributed by atoms with E-state index in [4.69, 9.17) is 0 Å². The normalized spacial score (nSPS) is 15.7. The Balaban J connectivity index is 1.68. The Morgan fingerprint density at radius 1 is 1.19 bits per heavy atom. The quantitative estimate of drug-likeness (QED) is 0.453. The molecule has 27 heavy (non-hydrogen) atoms. The Morgan fingerprint density at radius 2 is 1.89 bits per heavy atom. The Hall–Kier alpha value is -2.31. The zero-order valence-electron chi connectivity index (χ0n) is 16.3. The maximum absolute atomic E-state index is 4.66. The van der Waals surface area contributed by atoms with Crippen molar-refractivity contribution in [1.82, 2.24) is 14.9 Å². The second-order valence-electron chi connectivity index (χ2n) is 6.76. The van der Waals surface area contributed by atoms with E-state index in [1.807, 2.05) is 19.2 Å². The fraction of sp³-hybridized carbons (Fsp3) is 0.333. The summed E-state index contributed by atoms with van der Waals surface area (Å²) >= 11 is 1.63. The van der Waals surface area contributed by atoms with E-state index < -0.39 is 0 Å². The van der Waals surface area contributed by atoms with Crippen LogP contribution in [-0.2, 0) is 0 Å². The van der Waals surface area contributed by atoms with Crippen molar-refractivity contribution < 1.29 is 0 Å². The number of benzene rings is 1. The minimum Gasteiger partial charge on any atom is -0.369 e. The van der Waals surface area contributed by atoms with Gasteiger partial charge in [0.25, 0.3) is 0 Å². The fourth-order valence-electron chi connectivity index (χ4n) is 2.89. The summed E-state index contributed by atoms with van der Waals surface area (Å²) in [5, 5.41) is 4.27. The Morgan fingerprint density at radius 3 is 2.56 bits per heavy atom. The van der Waals surface area contributed by atoms with Crippen molar-refractivity contribution in [3.8, 4) is 0 Å². The molecule has 3 rings (SSSR count). The lowest BCUT2D eigenvalue weighted by molar-refractivity contribution is 0.313. The van der Waals surface area contributed by atoms with Crippen molar-refractivity contribution in [1.29, 1.82) is 0 Å². The van der Waals surface area contributed by atoms with Crippen LogP contribution in [0.4, 0.5) is 17.3 Å². The molecule has 2 aromatic rings. The molecule has 6 heteroatoms. The summed E-state index contributed by atoms with van der Waals surface area (Å²) in [5.41, 5.74) is 3.32. The second-order valence-corrected chi connectivity index (χ2v) is 7.99. The Labute approximate surface area is 166 Å². The predicted molar refractivity (Wildman–Crippen MR) is 116 cm³/mol.